The van der Waals surface area contributed by atoms with Crippen molar-refractivity contribution in [2.75, 3.05) is 5.32 Å². The average Bonchev–Trinajstić information content (AvgIpc) is 3.14. The first-order valence-electron chi connectivity index (χ1n) is 7.54. The van der Waals surface area contributed by atoms with Gasteiger partial charge in [-0.2, -0.15) is 0 Å². The molecular weight excluding hydrogens is 409 g/mol. The van der Waals surface area contributed by atoms with E-state index in [9.17, 15) is 9.59 Å². The SMILES string of the molecule is O=C(O)c1ccc(/C=C(\Cl)c2nnc(C(=O)Nc3ccc(Cl)cc3)s2)cc1. The van der Waals surface area contributed by atoms with Gasteiger partial charge in [0.2, 0.25) is 5.01 Å². The van der Waals surface area contributed by atoms with E-state index in [4.69, 9.17) is 28.3 Å². The molecule has 1 heterocycles. The van der Waals surface area contributed by atoms with Crippen molar-refractivity contribution in [2.24, 2.45) is 0 Å². The molecule has 0 aliphatic carbocycles. The summed E-state index contributed by atoms with van der Waals surface area (Å²) in [5, 5.41) is 20.8. The van der Waals surface area contributed by atoms with Gasteiger partial charge in [0.1, 0.15) is 0 Å². The topological polar surface area (TPSA) is 92.2 Å². The lowest BCUT2D eigenvalue weighted by Gasteiger charge is -2.01. The number of hydrogen-bond donors (Lipinski definition) is 2. The number of carbonyl (C=O) groups excluding carboxylic acids is 1. The van der Waals surface area contributed by atoms with E-state index < -0.39 is 11.9 Å². The van der Waals surface area contributed by atoms with Crippen molar-refractivity contribution >= 4 is 63.2 Å². The van der Waals surface area contributed by atoms with Gasteiger partial charge in [-0.05, 0) is 48.0 Å². The maximum Gasteiger partial charge on any atom is 0.335 e. The molecule has 0 unspecified atom stereocenters. The summed E-state index contributed by atoms with van der Waals surface area (Å²) in [5.41, 5.74) is 1.47. The second-order valence-electron chi connectivity index (χ2n) is 5.29. The van der Waals surface area contributed by atoms with Crippen LogP contribution < -0.4 is 5.32 Å². The fourth-order valence-corrected chi connectivity index (χ4v) is 3.11. The fourth-order valence-electron chi connectivity index (χ4n) is 2.06. The van der Waals surface area contributed by atoms with Crippen LogP contribution in [0.5, 0.6) is 0 Å². The molecule has 2 N–H and O–H groups in total. The minimum absolute atomic E-state index is 0.160. The van der Waals surface area contributed by atoms with Gasteiger partial charge < -0.3 is 10.4 Å². The highest BCUT2D eigenvalue weighted by Gasteiger charge is 2.15. The fraction of sp³-hybridized carbons (Fsp3) is 0. The highest BCUT2D eigenvalue weighted by molar-refractivity contribution is 7.15. The van der Waals surface area contributed by atoms with Crippen LogP contribution in [0.25, 0.3) is 11.1 Å². The Kier molecular flexibility index (Phi) is 5.85. The third-order valence-electron chi connectivity index (χ3n) is 3.38. The number of nitrogens with one attached hydrogen (secondary N) is 1. The number of hydrogen-bond acceptors (Lipinski definition) is 5. The molecule has 0 saturated heterocycles. The van der Waals surface area contributed by atoms with E-state index in [1.54, 1.807) is 42.5 Å². The molecule has 1 amide bonds. The molecule has 2 aromatic carbocycles. The molecule has 136 valence electrons. The molecule has 6 nitrogen and oxygen atoms in total. The molecular formula is C18H11Cl2N3O3S. The number of carboxylic acids is 1. The zero-order valence-electron chi connectivity index (χ0n) is 13.5. The lowest BCUT2D eigenvalue weighted by Crippen LogP contribution is -2.11. The molecule has 0 atom stereocenters. The van der Waals surface area contributed by atoms with Gasteiger partial charge in [-0.25, -0.2) is 4.79 Å². The number of anilines is 1. The molecule has 3 aromatic rings. The number of benzene rings is 2. The number of rotatable bonds is 5. The second kappa shape index (κ2) is 8.30. The third kappa shape index (κ3) is 4.91. The zero-order valence-corrected chi connectivity index (χ0v) is 15.8. The van der Waals surface area contributed by atoms with Crippen molar-refractivity contribution in [3.63, 3.8) is 0 Å². The van der Waals surface area contributed by atoms with E-state index >= 15 is 0 Å². The van der Waals surface area contributed by atoms with E-state index in [2.05, 4.69) is 15.5 Å². The summed E-state index contributed by atoms with van der Waals surface area (Å²) < 4.78 is 0. The van der Waals surface area contributed by atoms with Gasteiger partial charge in [0, 0.05) is 10.7 Å². The van der Waals surface area contributed by atoms with E-state index in [0.717, 1.165) is 11.3 Å². The quantitative estimate of drug-likeness (QED) is 0.614. The summed E-state index contributed by atoms with van der Waals surface area (Å²) in [4.78, 5) is 23.1. The minimum Gasteiger partial charge on any atom is -0.478 e. The number of carboxylic acid groups (broad SMARTS) is 1. The van der Waals surface area contributed by atoms with Gasteiger partial charge in [-0.1, -0.05) is 46.7 Å². The van der Waals surface area contributed by atoms with Crippen molar-refractivity contribution in [3.05, 3.63) is 74.7 Å². The monoisotopic (exact) mass is 419 g/mol. The van der Waals surface area contributed by atoms with Crippen molar-refractivity contribution < 1.29 is 14.7 Å². The minimum atomic E-state index is -1.00. The second-order valence-corrected chi connectivity index (χ2v) is 7.11. The molecule has 0 bridgehead atoms. The van der Waals surface area contributed by atoms with Gasteiger partial charge >= 0.3 is 5.97 Å². The Hall–Kier alpha value is -2.74. The lowest BCUT2D eigenvalue weighted by molar-refractivity contribution is 0.0696. The number of halogens is 2. The van der Waals surface area contributed by atoms with Gasteiger partial charge in [-0.3, -0.25) is 4.79 Å². The Bertz CT molecular complexity index is 1020. The Morgan fingerprint density at radius 3 is 2.26 bits per heavy atom. The summed E-state index contributed by atoms with van der Waals surface area (Å²) in [7, 11) is 0. The summed E-state index contributed by atoms with van der Waals surface area (Å²) in [6.45, 7) is 0. The Balaban J connectivity index is 1.72. The van der Waals surface area contributed by atoms with Crippen LogP contribution in [0.2, 0.25) is 5.02 Å². The molecule has 9 heteroatoms. The Morgan fingerprint density at radius 1 is 1.00 bits per heavy atom. The number of aromatic nitrogens is 2. The molecule has 1 aromatic heterocycles. The van der Waals surface area contributed by atoms with Gasteiger partial charge in [0.15, 0.2) is 5.01 Å². The lowest BCUT2D eigenvalue weighted by atomic mass is 10.1. The van der Waals surface area contributed by atoms with E-state index in [-0.39, 0.29) is 10.6 Å². The van der Waals surface area contributed by atoms with Crippen LogP contribution in [-0.2, 0) is 0 Å². The van der Waals surface area contributed by atoms with Crippen LogP contribution >= 0.6 is 34.5 Å². The molecule has 0 radical (unpaired) electrons. The highest BCUT2D eigenvalue weighted by atomic mass is 35.5. The predicted octanol–water partition coefficient (Wildman–Crippen LogP) is 4.88. The highest BCUT2D eigenvalue weighted by Crippen LogP contribution is 2.26. The van der Waals surface area contributed by atoms with Gasteiger partial charge in [-0.15, -0.1) is 10.2 Å². The van der Waals surface area contributed by atoms with Crippen molar-refractivity contribution in [1.29, 1.82) is 0 Å². The van der Waals surface area contributed by atoms with E-state index in [1.807, 2.05) is 0 Å². The van der Waals surface area contributed by atoms with Gasteiger partial charge in [0.25, 0.3) is 5.91 Å². The summed E-state index contributed by atoms with van der Waals surface area (Å²) in [6.07, 6.45) is 1.62. The van der Waals surface area contributed by atoms with Crippen molar-refractivity contribution in [3.8, 4) is 0 Å². The van der Waals surface area contributed by atoms with Crippen LogP contribution in [0.4, 0.5) is 5.69 Å². The molecule has 0 aliphatic rings. The smallest absolute Gasteiger partial charge is 0.335 e. The maximum atomic E-state index is 12.2. The number of aromatic carboxylic acids is 1. The first-order valence-corrected chi connectivity index (χ1v) is 9.11. The number of nitrogens with zero attached hydrogens (tertiary/aromatic N) is 2. The van der Waals surface area contributed by atoms with Crippen LogP contribution in [0, 0.1) is 0 Å². The van der Waals surface area contributed by atoms with Gasteiger partial charge in [0.05, 0.1) is 10.6 Å². The average molecular weight is 420 g/mol. The maximum absolute atomic E-state index is 12.2. The third-order valence-corrected chi connectivity index (χ3v) is 4.98. The first kappa shape index (κ1) is 19.0. The molecule has 27 heavy (non-hydrogen) atoms. The molecule has 3 rings (SSSR count). The largest absolute Gasteiger partial charge is 0.478 e. The van der Waals surface area contributed by atoms with Crippen LogP contribution in [0.15, 0.2) is 48.5 Å². The zero-order chi connectivity index (χ0) is 19.4. The van der Waals surface area contributed by atoms with Crippen LogP contribution in [0.1, 0.15) is 30.7 Å². The Morgan fingerprint density at radius 2 is 1.63 bits per heavy atom. The van der Waals surface area contributed by atoms with Crippen molar-refractivity contribution in [2.45, 2.75) is 0 Å². The standard InChI is InChI=1S/C18H11Cl2N3O3S/c19-12-5-7-13(8-6-12)21-15(24)17-23-22-16(27-17)14(20)9-10-1-3-11(4-2-10)18(25)26/h1-9H,(H,21,24)(H,25,26)/b14-9-. The molecule has 0 saturated carbocycles. The van der Waals surface area contributed by atoms with Crippen LogP contribution in [0.3, 0.4) is 0 Å². The van der Waals surface area contributed by atoms with Crippen molar-refractivity contribution in [1.82, 2.24) is 10.2 Å². The summed E-state index contributed by atoms with van der Waals surface area (Å²) in [6, 6.07) is 12.9. The van der Waals surface area contributed by atoms with E-state index in [0.29, 0.717) is 26.3 Å². The molecule has 0 aliphatic heterocycles. The summed E-state index contributed by atoms with van der Waals surface area (Å²) >= 11 is 13.1. The normalized spacial score (nSPS) is 11.3. The van der Waals surface area contributed by atoms with Crippen LogP contribution in [-0.4, -0.2) is 27.2 Å². The molecule has 0 fully saturated rings. The first-order chi connectivity index (χ1) is 12.9. The Labute approximate surface area is 168 Å². The predicted molar refractivity (Wildman–Crippen MR) is 106 cm³/mol. The number of amides is 1. The summed E-state index contributed by atoms with van der Waals surface area (Å²) in [5.74, 6) is -1.41. The van der Waals surface area contributed by atoms with E-state index in [1.165, 1.54) is 12.1 Å². The number of carbonyl (C=O) groups is 2. The molecule has 0 spiro atoms.